The molecule has 0 bridgehead atoms. The van der Waals surface area contributed by atoms with E-state index in [0.29, 0.717) is 28.7 Å². The van der Waals surface area contributed by atoms with Crippen LogP contribution in [0.2, 0.25) is 10.0 Å². The van der Waals surface area contributed by atoms with E-state index in [-0.39, 0.29) is 5.75 Å². The van der Waals surface area contributed by atoms with E-state index >= 15 is 0 Å². The van der Waals surface area contributed by atoms with Crippen molar-refractivity contribution >= 4 is 23.2 Å². The maximum absolute atomic E-state index is 10.0. The van der Waals surface area contributed by atoms with Crippen LogP contribution in [0.25, 0.3) is 0 Å². The van der Waals surface area contributed by atoms with Gasteiger partial charge in [-0.1, -0.05) is 23.2 Å². The summed E-state index contributed by atoms with van der Waals surface area (Å²) in [5.41, 5.74) is 0.792. The standard InChI is InChI=1S/C15H22Cl2N2O/c1-18-12-3-5-13(6-4-12)19(2)9-10-7-11(16)8-14(17)15(10)20/h7-8,12-13,18,20H,3-6,9H2,1-2H3. The first-order valence-corrected chi connectivity index (χ1v) is 7.81. The van der Waals surface area contributed by atoms with Crippen LogP contribution in [0, 0.1) is 0 Å². The molecule has 1 aromatic rings. The summed E-state index contributed by atoms with van der Waals surface area (Å²) in [5, 5.41) is 14.2. The lowest BCUT2D eigenvalue weighted by atomic mass is 9.90. The van der Waals surface area contributed by atoms with E-state index in [1.807, 2.05) is 7.05 Å². The Hall–Kier alpha value is -0.480. The molecule has 0 heterocycles. The summed E-state index contributed by atoms with van der Waals surface area (Å²) in [6, 6.07) is 4.56. The van der Waals surface area contributed by atoms with Crippen LogP contribution in [0.3, 0.4) is 0 Å². The molecular formula is C15H22Cl2N2O. The lowest BCUT2D eigenvalue weighted by molar-refractivity contribution is 0.168. The largest absolute Gasteiger partial charge is 0.506 e. The average molecular weight is 317 g/mol. The Labute approximate surface area is 130 Å². The lowest BCUT2D eigenvalue weighted by Crippen LogP contribution is -2.39. The van der Waals surface area contributed by atoms with Gasteiger partial charge in [0.05, 0.1) is 5.02 Å². The highest BCUT2D eigenvalue weighted by Gasteiger charge is 2.23. The molecule has 0 aromatic heterocycles. The molecule has 5 heteroatoms. The quantitative estimate of drug-likeness (QED) is 0.889. The van der Waals surface area contributed by atoms with E-state index in [4.69, 9.17) is 23.2 Å². The molecule has 1 fully saturated rings. The monoisotopic (exact) mass is 316 g/mol. The summed E-state index contributed by atoms with van der Waals surface area (Å²) < 4.78 is 0. The third kappa shape index (κ3) is 3.79. The van der Waals surface area contributed by atoms with Crippen LogP contribution in [0.4, 0.5) is 0 Å². The highest BCUT2D eigenvalue weighted by Crippen LogP contribution is 2.33. The number of nitrogens with zero attached hydrogens (tertiary/aromatic N) is 1. The van der Waals surface area contributed by atoms with E-state index < -0.39 is 0 Å². The maximum Gasteiger partial charge on any atom is 0.138 e. The third-order valence-corrected chi connectivity index (χ3v) is 4.76. The number of benzene rings is 1. The van der Waals surface area contributed by atoms with Crippen molar-refractivity contribution in [2.75, 3.05) is 14.1 Å². The molecule has 0 aliphatic heterocycles. The Morgan fingerprint density at radius 1 is 1.25 bits per heavy atom. The summed E-state index contributed by atoms with van der Waals surface area (Å²) in [5.74, 6) is 0.145. The van der Waals surface area contributed by atoms with Crippen LogP contribution in [-0.4, -0.2) is 36.2 Å². The third-order valence-electron chi connectivity index (χ3n) is 4.26. The number of phenols is 1. The Balaban J connectivity index is 2.00. The van der Waals surface area contributed by atoms with E-state index in [2.05, 4.69) is 17.3 Å². The van der Waals surface area contributed by atoms with Crippen LogP contribution in [0.15, 0.2) is 12.1 Å². The van der Waals surface area contributed by atoms with Crippen LogP contribution >= 0.6 is 23.2 Å². The van der Waals surface area contributed by atoms with Crippen LogP contribution in [-0.2, 0) is 6.54 Å². The number of hydrogen-bond donors (Lipinski definition) is 2. The molecule has 0 spiro atoms. The molecule has 2 rings (SSSR count). The second-order valence-electron chi connectivity index (χ2n) is 5.60. The van der Waals surface area contributed by atoms with Gasteiger partial charge >= 0.3 is 0 Å². The van der Waals surface area contributed by atoms with Gasteiger partial charge in [-0.15, -0.1) is 0 Å². The van der Waals surface area contributed by atoms with Gasteiger partial charge in [-0.05, 0) is 51.9 Å². The fourth-order valence-corrected chi connectivity index (χ4v) is 3.48. The summed E-state index contributed by atoms with van der Waals surface area (Å²) in [4.78, 5) is 2.29. The first-order chi connectivity index (χ1) is 9.51. The van der Waals surface area contributed by atoms with Gasteiger partial charge in [0.25, 0.3) is 0 Å². The Bertz CT molecular complexity index is 459. The number of rotatable bonds is 4. The van der Waals surface area contributed by atoms with Crippen molar-refractivity contribution in [1.82, 2.24) is 10.2 Å². The zero-order valence-corrected chi connectivity index (χ0v) is 13.5. The molecule has 0 saturated heterocycles. The van der Waals surface area contributed by atoms with E-state index in [9.17, 15) is 5.11 Å². The first kappa shape index (κ1) is 15.9. The van der Waals surface area contributed by atoms with Gasteiger partial charge in [-0.2, -0.15) is 0 Å². The molecule has 1 saturated carbocycles. The van der Waals surface area contributed by atoms with Crippen molar-refractivity contribution in [3.63, 3.8) is 0 Å². The smallest absolute Gasteiger partial charge is 0.138 e. The van der Waals surface area contributed by atoms with Gasteiger partial charge < -0.3 is 10.4 Å². The number of phenolic OH excluding ortho intramolecular Hbond substituents is 1. The molecule has 3 nitrogen and oxygen atoms in total. The minimum Gasteiger partial charge on any atom is -0.506 e. The molecule has 0 unspecified atom stereocenters. The normalized spacial score (nSPS) is 23.2. The fourth-order valence-electron chi connectivity index (χ4n) is 2.94. The van der Waals surface area contributed by atoms with Gasteiger partial charge in [-0.25, -0.2) is 0 Å². The van der Waals surface area contributed by atoms with Gasteiger partial charge in [0.1, 0.15) is 5.75 Å². The number of nitrogens with one attached hydrogen (secondary N) is 1. The second-order valence-corrected chi connectivity index (χ2v) is 6.45. The molecule has 20 heavy (non-hydrogen) atoms. The SMILES string of the molecule is CNC1CCC(N(C)Cc2cc(Cl)cc(Cl)c2O)CC1. The van der Waals surface area contributed by atoms with Crippen LogP contribution in [0.5, 0.6) is 5.75 Å². The second kappa shape index (κ2) is 6.99. The minimum absolute atomic E-state index is 0.145. The Kier molecular flexibility index (Phi) is 5.56. The van der Waals surface area contributed by atoms with E-state index in [1.54, 1.807) is 12.1 Å². The Morgan fingerprint density at radius 3 is 2.50 bits per heavy atom. The van der Waals surface area contributed by atoms with Crippen LogP contribution < -0.4 is 5.32 Å². The van der Waals surface area contributed by atoms with Crippen molar-refractivity contribution in [1.29, 1.82) is 0 Å². The zero-order chi connectivity index (χ0) is 14.7. The highest BCUT2D eigenvalue weighted by atomic mass is 35.5. The molecule has 1 aliphatic carbocycles. The summed E-state index contributed by atoms with van der Waals surface area (Å²) in [6.07, 6.45) is 4.76. The summed E-state index contributed by atoms with van der Waals surface area (Å²) in [6.45, 7) is 0.668. The summed E-state index contributed by atoms with van der Waals surface area (Å²) >= 11 is 12.0. The fraction of sp³-hybridized carbons (Fsp3) is 0.600. The van der Waals surface area contributed by atoms with E-state index in [0.717, 1.165) is 5.56 Å². The number of aromatic hydroxyl groups is 1. The molecule has 0 amide bonds. The van der Waals surface area contributed by atoms with Crippen molar-refractivity contribution < 1.29 is 5.11 Å². The van der Waals surface area contributed by atoms with Crippen molar-refractivity contribution in [3.05, 3.63) is 27.7 Å². The summed E-state index contributed by atoms with van der Waals surface area (Å²) in [7, 11) is 4.12. The zero-order valence-electron chi connectivity index (χ0n) is 12.0. The topological polar surface area (TPSA) is 35.5 Å². The molecule has 1 aliphatic rings. The first-order valence-electron chi connectivity index (χ1n) is 7.05. The average Bonchev–Trinajstić information content (AvgIpc) is 2.44. The number of halogens is 2. The van der Waals surface area contributed by atoms with Crippen molar-refractivity contribution in [3.8, 4) is 5.75 Å². The van der Waals surface area contributed by atoms with E-state index in [1.165, 1.54) is 25.7 Å². The van der Waals surface area contributed by atoms with Crippen LogP contribution in [0.1, 0.15) is 31.2 Å². The Morgan fingerprint density at radius 2 is 1.90 bits per heavy atom. The molecule has 2 N–H and O–H groups in total. The number of hydrogen-bond acceptors (Lipinski definition) is 3. The molecule has 112 valence electrons. The van der Waals surface area contributed by atoms with Gasteiger partial charge in [0.15, 0.2) is 0 Å². The molecular weight excluding hydrogens is 295 g/mol. The maximum atomic E-state index is 10.0. The minimum atomic E-state index is 0.145. The van der Waals surface area contributed by atoms with Crippen molar-refractivity contribution in [2.45, 2.75) is 44.3 Å². The highest BCUT2D eigenvalue weighted by molar-refractivity contribution is 6.35. The molecule has 0 atom stereocenters. The van der Waals surface area contributed by atoms with Gasteiger partial charge in [0.2, 0.25) is 0 Å². The lowest BCUT2D eigenvalue weighted by Gasteiger charge is -2.34. The van der Waals surface area contributed by atoms with Gasteiger partial charge in [0, 0.05) is 29.2 Å². The predicted molar refractivity (Wildman–Crippen MR) is 84.7 cm³/mol. The molecule has 1 aromatic carbocycles. The van der Waals surface area contributed by atoms with Gasteiger partial charge in [-0.3, -0.25) is 4.90 Å². The molecule has 0 radical (unpaired) electrons. The van der Waals surface area contributed by atoms with Crippen molar-refractivity contribution in [2.24, 2.45) is 0 Å². The predicted octanol–water partition coefficient (Wildman–Crippen LogP) is 3.66.